The van der Waals surface area contributed by atoms with E-state index in [1.165, 1.54) is 11.1 Å². The van der Waals surface area contributed by atoms with Crippen LogP contribution in [0.3, 0.4) is 0 Å². The lowest BCUT2D eigenvalue weighted by Gasteiger charge is -2.00. The minimum absolute atomic E-state index is 0.870. The van der Waals surface area contributed by atoms with Crippen molar-refractivity contribution < 1.29 is 0 Å². The molecule has 0 bridgehead atoms. The maximum absolute atomic E-state index is 4.56. The highest BCUT2D eigenvalue weighted by Crippen LogP contribution is 2.28. The van der Waals surface area contributed by atoms with Crippen molar-refractivity contribution in [2.24, 2.45) is 0 Å². The molecule has 2 aromatic heterocycles. The molecule has 5 heteroatoms. The topological polar surface area (TPSA) is 41.6 Å². The fourth-order valence-electron chi connectivity index (χ4n) is 1.82. The van der Waals surface area contributed by atoms with Gasteiger partial charge in [-0.25, -0.2) is 9.97 Å². The summed E-state index contributed by atoms with van der Waals surface area (Å²) in [5, 5.41) is 1.81. The van der Waals surface area contributed by atoms with Crippen LogP contribution in [0.25, 0.3) is 11.0 Å². The Kier molecular flexibility index (Phi) is 3.33. The largest absolute Gasteiger partial charge is 0.333 e. The van der Waals surface area contributed by atoms with Crippen molar-refractivity contribution >= 4 is 38.7 Å². The molecule has 0 aliphatic carbocycles. The minimum Gasteiger partial charge on any atom is -0.333 e. The van der Waals surface area contributed by atoms with Gasteiger partial charge in [-0.2, -0.15) is 0 Å². The Morgan fingerprint density at radius 1 is 1.21 bits per heavy atom. The SMILES string of the molecule is Cc1ccc2nc(Sc3cc(C)c(Br)cn3)[nH]c2c1. The molecule has 0 aliphatic heterocycles. The molecule has 3 rings (SSSR count). The highest BCUT2D eigenvalue weighted by molar-refractivity contribution is 9.10. The van der Waals surface area contributed by atoms with E-state index in [1.54, 1.807) is 11.8 Å². The standard InChI is InChI=1S/C14H12BrN3S/c1-8-3-4-11-12(5-8)18-14(17-11)19-13-6-9(2)10(15)7-16-13/h3-7H,1-2H3,(H,17,18). The fourth-order valence-corrected chi connectivity index (χ4v) is 2.88. The van der Waals surface area contributed by atoms with Gasteiger partial charge in [0.05, 0.1) is 11.0 Å². The van der Waals surface area contributed by atoms with Crippen LogP contribution in [-0.2, 0) is 0 Å². The number of H-pyrrole nitrogens is 1. The third-order valence-electron chi connectivity index (χ3n) is 2.84. The zero-order valence-corrected chi connectivity index (χ0v) is 13.0. The van der Waals surface area contributed by atoms with Crippen LogP contribution in [0.1, 0.15) is 11.1 Å². The predicted octanol–water partition coefficient (Wildman–Crippen LogP) is 4.49. The van der Waals surface area contributed by atoms with Crippen molar-refractivity contribution in [1.82, 2.24) is 15.0 Å². The molecule has 96 valence electrons. The van der Waals surface area contributed by atoms with Crippen molar-refractivity contribution in [3.05, 3.63) is 46.1 Å². The van der Waals surface area contributed by atoms with Crippen LogP contribution in [0.4, 0.5) is 0 Å². The fraction of sp³-hybridized carbons (Fsp3) is 0.143. The number of pyridine rings is 1. The van der Waals surface area contributed by atoms with Crippen molar-refractivity contribution in [1.29, 1.82) is 0 Å². The van der Waals surface area contributed by atoms with Crippen LogP contribution in [0.15, 0.2) is 45.1 Å². The summed E-state index contributed by atoms with van der Waals surface area (Å²) in [6.45, 7) is 4.13. The third kappa shape index (κ3) is 2.67. The summed E-state index contributed by atoms with van der Waals surface area (Å²) >= 11 is 5.00. The highest BCUT2D eigenvalue weighted by atomic mass is 79.9. The zero-order chi connectivity index (χ0) is 13.4. The van der Waals surface area contributed by atoms with Crippen LogP contribution in [0.2, 0.25) is 0 Å². The van der Waals surface area contributed by atoms with Crippen LogP contribution in [0.5, 0.6) is 0 Å². The van der Waals surface area contributed by atoms with E-state index < -0.39 is 0 Å². The van der Waals surface area contributed by atoms with E-state index in [2.05, 4.69) is 56.9 Å². The van der Waals surface area contributed by atoms with Gasteiger partial charge in [0.2, 0.25) is 0 Å². The van der Waals surface area contributed by atoms with Gasteiger partial charge in [-0.15, -0.1) is 0 Å². The van der Waals surface area contributed by atoms with Crippen molar-refractivity contribution in [3.8, 4) is 0 Å². The summed E-state index contributed by atoms with van der Waals surface area (Å²) in [7, 11) is 0. The summed E-state index contributed by atoms with van der Waals surface area (Å²) in [4.78, 5) is 12.3. The number of aryl methyl sites for hydroxylation is 2. The summed E-state index contributed by atoms with van der Waals surface area (Å²) in [5.74, 6) is 0. The summed E-state index contributed by atoms with van der Waals surface area (Å²) < 4.78 is 1.03. The maximum atomic E-state index is 4.56. The Bertz CT molecular complexity index is 752. The Labute approximate surface area is 124 Å². The summed E-state index contributed by atoms with van der Waals surface area (Å²) in [6.07, 6.45) is 1.82. The van der Waals surface area contributed by atoms with Gasteiger partial charge < -0.3 is 4.98 Å². The molecule has 0 radical (unpaired) electrons. The highest BCUT2D eigenvalue weighted by Gasteiger charge is 2.06. The smallest absolute Gasteiger partial charge is 0.172 e. The van der Waals surface area contributed by atoms with E-state index in [0.717, 1.165) is 25.7 Å². The van der Waals surface area contributed by atoms with E-state index >= 15 is 0 Å². The predicted molar refractivity (Wildman–Crippen MR) is 81.6 cm³/mol. The molecule has 1 aromatic carbocycles. The van der Waals surface area contributed by atoms with Gasteiger partial charge in [0.25, 0.3) is 0 Å². The molecule has 1 N–H and O–H groups in total. The van der Waals surface area contributed by atoms with E-state index in [9.17, 15) is 0 Å². The molecule has 3 nitrogen and oxygen atoms in total. The second-order valence-electron chi connectivity index (χ2n) is 4.44. The van der Waals surface area contributed by atoms with Gasteiger partial charge in [0.1, 0.15) is 5.03 Å². The van der Waals surface area contributed by atoms with E-state index in [-0.39, 0.29) is 0 Å². The lowest BCUT2D eigenvalue weighted by Crippen LogP contribution is -1.84. The Balaban J connectivity index is 1.94. The monoisotopic (exact) mass is 333 g/mol. The van der Waals surface area contributed by atoms with E-state index in [1.807, 2.05) is 18.3 Å². The Hall–Kier alpha value is -1.33. The number of nitrogens with zero attached hydrogens (tertiary/aromatic N) is 2. The minimum atomic E-state index is 0.870. The molecule has 0 saturated carbocycles. The van der Waals surface area contributed by atoms with Crippen LogP contribution >= 0.6 is 27.7 Å². The number of aromatic amines is 1. The van der Waals surface area contributed by atoms with Crippen LogP contribution in [-0.4, -0.2) is 15.0 Å². The molecular weight excluding hydrogens is 322 g/mol. The molecule has 0 fully saturated rings. The molecule has 3 aromatic rings. The quantitative estimate of drug-likeness (QED) is 0.751. The molecule has 0 saturated heterocycles. The molecule has 0 spiro atoms. The molecular formula is C14H12BrN3S. The van der Waals surface area contributed by atoms with Crippen LogP contribution in [0, 0.1) is 13.8 Å². The summed E-state index contributed by atoms with van der Waals surface area (Å²) in [6, 6.07) is 8.25. The van der Waals surface area contributed by atoms with Gasteiger partial charge in [-0.1, -0.05) is 6.07 Å². The molecule has 0 aliphatic rings. The number of hydrogen-bond acceptors (Lipinski definition) is 3. The first kappa shape index (κ1) is 12.7. The molecule has 2 heterocycles. The molecule has 0 unspecified atom stereocenters. The first-order chi connectivity index (χ1) is 9.11. The number of halogens is 1. The van der Waals surface area contributed by atoms with Crippen LogP contribution < -0.4 is 0 Å². The zero-order valence-electron chi connectivity index (χ0n) is 10.6. The van der Waals surface area contributed by atoms with Gasteiger partial charge in [-0.3, -0.25) is 0 Å². The Morgan fingerprint density at radius 3 is 2.84 bits per heavy atom. The van der Waals surface area contributed by atoms with Crippen molar-refractivity contribution in [2.75, 3.05) is 0 Å². The van der Waals surface area contributed by atoms with E-state index in [0.29, 0.717) is 0 Å². The number of benzene rings is 1. The number of aromatic nitrogens is 3. The normalized spacial score (nSPS) is 11.1. The Morgan fingerprint density at radius 2 is 2.05 bits per heavy atom. The summed E-state index contributed by atoms with van der Waals surface area (Å²) in [5.41, 5.74) is 4.45. The third-order valence-corrected chi connectivity index (χ3v) is 4.49. The molecule has 0 atom stereocenters. The molecule has 19 heavy (non-hydrogen) atoms. The van der Waals surface area contributed by atoms with Gasteiger partial charge >= 0.3 is 0 Å². The lowest BCUT2D eigenvalue weighted by atomic mass is 10.2. The second kappa shape index (κ2) is 4.98. The number of hydrogen-bond donors (Lipinski definition) is 1. The molecule has 0 amide bonds. The number of nitrogens with one attached hydrogen (secondary N) is 1. The van der Waals surface area contributed by atoms with Crippen molar-refractivity contribution in [2.45, 2.75) is 24.0 Å². The number of fused-ring (bicyclic) bond motifs is 1. The maximum Gasteiger partial charge on any atom is 0.172 e. The number of rotatable bonds is 2. The van der Waals surface area contributed by atoms with Gasteiger partial charge in [0.15, 0.2) is 5.16 Å². The van der Waals surface area contributed by atoms with Crippen molar-refractivity contribution in [3.63, 3.8) is 0 Å². The van der Waals surface area contributed by atoms with Gasteiger partial charge in [0, 0.05) is 10.7 Å². The number of imidazole rings is 1. The first-order valence-electron chi connectivity index (χ1n) is 5.88. The second-order valence-corrected chi connectivity index (χ2v) is 6.30. The van der Waals surface area contributed by atoms with Gasteiger partial charge in [-0.05, 0) is 70.9 Å². The first-order valence-corrected chi connectivity index (χ1v) is 7.49. The average Bonchev–Trinajstić information content (AvgIpc) is 2.75. The van der Waals surface area contributed by atoms with E-state index in [4.69, 9.17) is 0 Å². The lowest BCUT2D eigenvalue weighted by molar-refractivity contribution is 1.05. The average molecular weight is 334 g/mol.